The number of piperidine rings is 1. The van der Waals surface area contributed by atoms with Crippen LogP contribution in [0.3, 0.4) is 0 Å². The highest BCUT2D eigenvalue weighted by molar-refractivity contribution is 5.98. The van der Waals surface area contributed by atoms with E-state index in [-0.39, 0.29) is 5.97 Å². The van der Waals surface area contributed by atoms with Crippen molar-refractivity contribution in [2.45, 2.75) is 20.3 Å². The van der Waals surface area contributed by atoms with Crippen molar-refractivity contribution in [3.63, 3.8) is 0 Å². The van der Waals surface area contributed by atoms with Crippen LogP contribution in [-0.2, 0) is 4.74 Å². The molecule has 104 valence electrons. The standard InChI is InChI=1S/C15H22N2O2/c1-10-7-11(2)9-17(8-10)13-6-4-5-12(14(13)16)15(18)19-3/h4-6,10-11H,7-9,16H2,1-3H3. The lowest BCUT2D eigenvalue weighted by Crippen LogP contribution is -2.39. The van der Waals surface area contributed by atoms with Crippen LogP contribution in [0, 0.1) is 11.8 Å². The van der Waals surface area contributed by atoms with E-state index in [2.05, 4.69) is 18.7 Å². The van der Waals surface area contributed by atoms with E-state index in [1.165, 1.54) is 13.5 Å². The highest BCUT2D eigenvalue weighted by Crippen LogP contribution is 2.32. The molecule has 1 aromatic rings. The molecule has 1 saturated heterocycles. The fourth-order valence-corrected chi connectivity index (χ4v) is 2.98. The maximum atomic E-state index is 11.7. The quantitative estimate of drug-likeness (QED) is 0.657. The summed E-state index contributed by atoms with van der Waals surface area (Å²) in [6.45, 7) is 6.48. The summed E-state index contributed by atoms with van der Waals surface area (Å²) in [7, 11) is 1.37. The molecular weight excluding hydrogens is 240 g/mol. The summed E-state index contributed by atoms with van der Waals surface area (Å²) in [5.41, 5.74) is 8.06. The van der Waals surface area contributed by atoms with E-state index in [0.29, 0.717) is 23.1 Å². The molecule has 1 aliphatic heterocycles. The van der Waals surface area contributed by atoms with Crippen LogP contribution in [0.5, 0.6) is 0 Å². The topological polar surface area (TPSA) is 55.6 Å². The molecule has 0 amide bonds. The van der Waals surface area contributed by atoms with Crippen molar-refractivity contribution < 1.29 is 9.53 Å². The number of anilines is 2. The Morgan fingerprint density at radius 2 is 1.95 bits per heavy atom. The summed E-state index contributed by atoms with van der Waals surface area (Å²) in [5.74, 6) is 0.910. The van der Waals surface area contributed by atoms with Gasteiger partial charge in [-0.05, 0) is 30.4 Å². The third kappa shape index (κ3) is 2.83. The van der Waals surface area contributed by atoms with Gasteiger partial charge in [-0.15, -0.1) is 0 Å². The van der Waals surface area contributed by atoms with Gasteiger partial charge in [-0.25, -0.2) is 4.79 Å². The molecule has 0 bridgehead atoms. The SMILES string of the molecule is COC(=O)c1cccc(N2CC(C)CC(C)C2)c1N. The number of nitrogen functional groups attached to an aromatic ring is 1. The minimum atomic E-state index is -0.377. The Morgan fingerprint density at radius 3 is 2.53 bits per heavy atom. The number of benzene rings is 1. The summed E-state index contributed by atoms with van der Waals surface area (Å²) in [5, 5.41) is 0. The van der Waals surface area contributed by atoms with E-state index >= 15 is 0 Å². The van der Waals surface area contributed by atoms with Crippen LogP contribution >= 0.6 is 0 Å². The Balaban J connectivity index is 2.32. The molecule has 2 atom stereocenters. The minimum absolute atomic E-state index is 0.377. The van der Waals surface area contributed by atoms with E-state index in [0.717, 1.165) is 18.8 Å². The van der Waals surface area contributed by atoms with Gasteiger partial charge in [0.2, 0.25) is 0 Å². The lowest BCUT2D eigenvalue weighted by Gasteiger charge is -2.37. The summed E-state index contributed by atoms with van der Waals surface area (Å²) in [4.78, 5) is 14.0. The van der Waals surface area contributed by atoms with Gasteiger partial charge >= 0.3 is 5.97 Å². The largest absolute Gasteiger partial charge is 0.465 e. The first-order chi connectivity index (χ1) is 9.02. The number of hydrogen-bond donors (Lipinski definition) is 1. The number of nitrogens with two attached hydrogens (primary N) is 1. The molecule has 4 nitrogen and oxygen atoms in total. The monoisotopic (exact) mass is 262 g/mol. The fourth-order valence-electron chi connectivity index (χ4n) is 2.98. The molecule has 0 saturated carbocycles. The Kier molecular flexibility index (Phi) is 3.98. The molecule has 2 rings (SSSR count). The average Bonchev–Trinajstić information content (AvgIpc) is 2.37. The number of rotatable bonds is 2. The van der Waals surface area contributed by atoms with Gasteiger partial charge in [0, 0.05) is 13.1 Å². The molecule has 2 N–H and O–H groups in total. The maximum absolute atomic E-state index is 11.7. The van der Waals surface area contributed by atoms with Gasteiger partial charge < -0.3 is 15.4 Å². The van der Waals surface area contributed by atoms with Gasteiger partial charge in [0.05, 0.1) is 24.0 Å². The van der Waals surface area contributed by atoms with Crippen LogP contribution in [0.15, 0.2) is 18.2 Å². The number of carbonyl (C=O) groups excluding carboxylic acids is 1. The van der Waals surface area contributed by atoms with Crippen LogP contribution < -0.4 is 10.6 Å². The third-order valence-electron chi connectivity index (χ3n) is 3.70. The molecule has 1 aliphatic rings. The van der Waals surface area contributed by atoms with Crippen LogP contribution in [-0.4, -0.2) is 26.2 Å². The number of esters is 1. The molecule has 1 fully saturated rings. The van der Waals surface area contributed by atoms with Gasteiger partial charge in [-0.2, -0.15) is 0 Å². The number of ether oxygens (including phenoxy) is 1. The fraction of sp³-hybridized carbons (Fsp3) is 0.533. The average molecular weight is 262 g/mol. The van der Waals surface area contributed by atoms with Crippen LogP contribution in [0.4, 0.5) is 11.4 Å². The summed E-state index contributed by atoms with van der Waals surface area (Å²) in [6.07, 6.45) is 1.24. The molecule has 19 heavy (non-hydrogen) atoms. The van der Waals surface area contributed by atoms with Crippen LogP contribution in [0.2, 0.25) is 0 Å². The zero-order chi connectivity index (χ0) is 14.0. The second-order valence-electron chi connectivity index (χ2n) is 5.58. The number of para-hydroxylation sites is 1. The predicted molar refractivity (Wildman–Crippen MR) is 77.4 cm³/mol. The lowest BCUT2D eigenvalue weighted by molar-refractivity contribution is 0.0602. The second-order valence-corrected chi connectivity index (χ2v) is 5.58. The van der Waals surface area contributed by atoms with Gasteiger partial charge in [0.15, 0.2) is 0 Å². The summed E-state index contributed by atoms with van der Waals surface area (Å²) < 4.78 is 4.76. The van der Waals surface area contributed by atoms with Crippen LogP contribution in [0.1, 0.15) is 30.6 Å². The van der Waals surface area contributed by atoms with E-state index in [1.807, 2.05) is 12.1 Å². The van der Waals surface area contributed by atoms with Gasteiger partial charge in [-0.3, -0.25) is 0 Å². The van der Waals surface area contributed by atoms with Crippen molar-refractivity contribution in [1.82, 2.24) is 0 Å². The molecule has 0 radical (unpaired) electrons. The Morgan fingerprint density at radius 1 is 1.32 bits per heavy atom. The highest BCUT2D eigenvalue weighted by Gasteiger charge is 2.24. The van der Waals surface area contributed by atoms with E-state index in [9.17, 15) is 4.79 Å². The lowest BCUT2D eigenvalue weighted by atomic mass is 9.91. The van der Waals surface area contributed by atoms with Crippen molar-refractivity contribution >= 4 is 17.3 Å². The first-order valence-electron chi connectivity index (χ1n) is 6.74. The zero-order valence-electron chi connectivity index (χ0n) is 11.8. The van der Waals surface area contributed by atoms with Crippen LogP contribution in [0.25, 0.3) is 0 Å². The van der Waals surface area contributed by atoms with Crippen molar-refractivity contribution in [1.29, 1.82) is 0 Å². The molecule has 0 aliphatic carbocycles. The van der Waals surface area contributed by atoms with E-state index in [4.69, 9.17) is 10.5 Å². The number of nitrogens with zero attached hydrogens (tertiary/aromatic N) is 1. The molecule has 4 heteroatoms. The normalized spacial score (nSPS) is 23.2. The molecule has 0 aromatic heterocycles. The smallest absolute Gasteiger partial charge is 0.340 e. The highest BCUT2D eigenvalue weighted by atomic mass is 16.5. The molecule has 0 spiro atoms. The van der Waals surface area contributed by atoms with Gasteiger partial charge in [0.1, 0.15) is 0 Å². The number of methoxy groups -OCH3 is 1. The van der Waals surface area contributed by atoms with E-state index < -0.39 is 0 Å². The van der Waals surface area contributed by atoms with Crippen molar-refractivity contribution in [3.8, 4) is 0 Å². The molecule has 1 heterocycles. The second kappa shape index (κ2) is 5.51. The minimum Gasteiger partial charge on any atom is -0.465 e. The first kappa shape index (κ1) is 13.7. The Hall–Kier alpha value is -1.71. The summed E-state index contributed by atoms with van der Waals surface area (Å²) >= 11 is 0. The first-order valence-corrected chi connectivity index (χ1v) is 6.74. The molecule has 2 unspecified atom stereocenters. The Labute approximate surface area is 114 Å². The molecular formula is C15H22N2O2. The van der Waals surface area contributed by atoms with Crippen molar-refractivity contribution in [2.75, 3.05) is 30.8 Å². The number of hydrogen-bond acceptors (Lipinski definition) is 4. The van der Waals surface area contributed by atoms with Crippen molar-refractivity contribution in [3.05, 3.63) is 23.8 Å². The third-order valence-corrected chi connectivity index (χ3v) is 3.70. The van der Waals surface area contributed by atoms with Crippen molar-refractivity contribution in [2.24, 2.45) is 11.8 Å². The van der Waals surface area contributed by atoms with E-state index in [1.54, 1.807) is 6.07 Å². The zero-order valence-corrected chi connectivity index (χ0v) is 11.8. The number of carbonyl (C=O) groups is 1. The Bertz CT molecular complexity index is 463. The predicted octanol–water partition coefficient (Wildman–Crippen LogP) is 2.54. The maximum Gasteiger partial charge on any atom is 0.340 e. The summed E-state index contributed by atoms with van der Waals surface area (Å²) in [6, 6.07) is 5.55. The van der Waals surface area contributed by atoms with Gasteiger partial charge in [-0.1, -0.05) is 19.9 Å². The molecule has 1 aromatic carbocycles. The van der Waals surface area contributed by atoms with Gasteiger partial charge in [0.25, 0.3) is 0 Å².